The predicted molar refractivity (Wildman–Crippen MR) is 83.5 cm³/mol. The molecule has 1 saturated heterocycles. The number of rotatable bonds is 3. The first-order chi connectivity index (χ1) is 11.2. The zero-order valence-corrected chi connectivity index (χ0v) is 12.9. The molecule has 0 bridgehead atoms. The Morgan fingerprint density at radius 1 is 1.35 bits per heavy atom. The number of ether oxygens (including phenoxy) is 1. The molecule has 1 aliphatic heterocycles. The van der Waals surface area contributed by atoms with Crippen molar-refractivity contribution in [2.45, 2.75) is 18.8 Å². The van der Waals surface area contributed by atoms with Crippen molar-refractivity contribution in [3.8, 4) is 5.88 Å². The number of carbonyl (C=O) groups excluding carboxylic acids is 1. The lowest BCUT2D eigenvalue weighted by molar-refractivity contribution is 0.0701. The van der Waals surface area contributed by atoms with Crippen molar-refractivity contribution in [3.05, 3.63) is 52.3 Å². The number of aromatic amines is 1. The Morgan fingerprint density at radius 3 is 3.00 bits per heavy atom. The van der Waals surface area contributed by atoms with Crippen molar-refractivity contribution in [1.29, 1.82) is 0 Å². The summed E-state index contributed by atoms with van der Waals surface area (Å²) < 4.78 is 5.17. The topological polar surface area (TPSA) is 88.2 Å². The van der Waals surface area contributed by atoms with Crippen LogP contribution in [0.25, 0.3) is 0 Å². The average Bonchev–Trinajstić information content (AvgIpc) is 2.61. The Bertz CT molecular complexity index is 759. The lowest BCUT2D eigenvalue weighted by atomic mass is 9.94. The first-order valence-corrected chi connectivity index (χ1v) is 7.52. The van der Waals surface area contributed by atoms with Crippen LogP contribution in [0.4, 0.5) is 0 Å². The van der Waals surface area contributed by atoms with Crippen molar-refractivity contribution in [3.63, 3.8) is 0 Å². The van der Waals surface area contributed by atoms with E-state index in [1.165, 1.54) is 13.3 Å². The van der Waals surface area contributed by atoms with Gasteiger partial charge in [0, 0.05) is 37.1 Å². The van der Waals surface area contributed by atoms with Crippen molar-refractivity contribution in [2.75, 3.05) is 20.2 Å². The summed E-state index contributed by atoms with van der Waals surface area (Å²) in [4.78, 5) is 36.4. The van der Waals surface area contributed by atoms with E-state index in [9.17, 15) is 9.59 Å². The Hall–Kier alpha value is -2.70. The SMILES string of the molecule is COc1ncccc1C(=O)N1CCC[C@H](c2ccnc(=O)[nH]2)C1. The first kappa shape index (κ1) is 15.2. The predicted octanol–water partition coefficient (Wildman–Crippen LogP) is 1.19. The van der Waals surface area contributed by atoms with Crippen LogP contribution in [0, 0.1) is 0 Å². The summed E-state index contributed by atoms with van der Waals surface area (Å²) in [6.07, 6.45) is 4.90. The minimum Gasteiger partial charge on any atom is -0.480 e. The fraction of sp³-hybridized carbons (Fsp3) is 0.375. The molecular weight excluding hydrogens is 296 g/mol. The van der Waals surface area contributed by atoms with Crippen LogP contribution in [0.1, 0.15) is 34.8 Å². The van der Waals surface area contributed by atoms with E-state index in [2.05, 4.69) is 15.0 Å². The van der Waals surface area contributed by atoms with Crippen LogP contribution < -0.4 is 10.4 Å². The summed E-state index contributed by atoms with van der Waals surface area (Å²) in [5.41, 5.74) is 0.916. The van der Waals surface area contributed by atoms with Gasteiger partial charge in [0.2, 0.25) is 5.88 Å². The third-order valence-electron chi connectivity index (χ3n) is 4.04. The van der Waals surface area contributed by atoms with Crippen LogP contribution in [0.5, 0.6) is 5.88 Å². The van der Waals surface area contributed by atoms with E-state index in [4.69, 9.17) is 4.74 Å². The number of pyridine rings is 1. The normalized spacial score (nSPS) is 17.8. The summed E-state index contributed by atoms with van der Waals surface area (Å²) in [7, 11) is 1.50. The van der Waals surface area contributed by atoms with Gasteiger partial charge in [-0.1, -0.05) is 0 Å². The number of hydrogen-bond acceptors (Lipinski definition) is 5. The van der Waals surface area contributed by atoms with Gasteiger partial charge in [-0.2, -0.15) is 0 Å². The average molecular weight is 314 g/mol. The Morgan fingerprint density at radius 2 is 2.22 bits per heavy atom. The molecule has 0 aromatic carbocycles. The number of aromatic nitrogens is 3. The van der Waals surface area contributed by atoms with Crippen LogP contribution in [0.3, 0.4) is 0 Å². The Labute approximate surface area is 133 Å². The maximum Gasteiger partial charge on any atom is 0.345 e. The van der Waals surface area contributed by atoms with Gasteiger partial charge in [-0.15, -0.1) is 0 Å². The molecule has 1 atom stereocenters. The Balaban J connectivity index is 1.81. The number of likely N-dealkylation sites (tertiary alicyclic amines) is 1. The molecule has 1 N–H and O–H groups in total. The summed E-state index contributed by atoms with van der Waals surface area (Å²) in [5.74, 6) is 0.332. The van der Waals surface area contributed by atoms with Gasteiger partial charge >= 0.3 is 5.69 Å². The van der Waals surface area contributed by atoms with Gasteiger partial charge in [-0.05, 0) is 31.0 Å². The molecule has 0 spiro atoms. The van der Waals surface area contributed by atoms with Gasteiger partial charge in [0.1, 0.15) is 5.56 Å². The zero-order chi connectivity index (χ0) is 16.2. The molecule has 3 rings (SSSR count). The number of piperidine rings is 1. The summed E-state index contributed by atoms with van der Waals surface area (Å²) >= 11 is 0. The third kappa shape index (κ3) is 3.23. The second-order valence-electron chi connectivity index (χ2n) is 5.48. The molecule has 2 aromatic rings. The molecule has 1 fully saturated rings. The highest BCUT2D eigenvalue weighted by Crippen LogP contribution is 2.27. The zero-order valence-electron chi connectivity index (χ0n) is 12.9. The first-order valence-electron chi connectivity index (χ1n) is 7.52. The van der Waals surface area contributed by atoms with E-state index in [0.717, 1.165) is 18.5 Å². The van der Waals surface area contributed by atoms with Crippen molar-refractivity contribution in [1.82, 2.24) is 19.9 Å². The van der Waals surface area contributed by atoms with Crippen molar-refractivity contribution >= 4 is 5.91 Å². The quantitative estimate of drug-likeness (QED) is 0.919. The van der Waals surface area contributed by atoms with Gasteiger partial charge in [0.25, 0.3) is 5.91 Å². The number of carbonyl (C=O) groups is 1. The molecule has 0 saturated carbocycles. The highest BCUT2D eigenvalue weighted by Gasteiger charge is 2.27. The fourth-order valence-electron chi connectivity index (χ4n) is 2.92. The number of amides is 1. The van der Waals surface area contributed by atoms with Gasteiger partial charge in [-0.3, -0.25) is 4.79 Å². The van der Waals surface area contributed by atoms with Crippen LogP contribution in [0.15, 0.2) is 35.4 Å². The molecule has 0 aliphatic carbocycles. The van der Waals surface area contributed by atoms with E-state index in [0.29, 0.717) is 24.5 Å². The van der Waals surface area contributed by atoms with E-state index in [1.807, 2.05) is 0 Å². The van der Waals surface area contributed by atoms with Crippen LogP contribution in [-0.4, -0.2) is 46.0 Å². The Kier molecular flexibility index (Phi) is 4.36. The molecule has 2 aromatic heterocycles. The van der Waals surface area contributed by atoms with Crippen molar-refractivity contribution in [2.24, 2.45) is 0 Å². The summed E-state index contributed by atoms with van der Waals surface area (Å²) in [6.45, 7) is 1.24. The number of nitrogens with one attached hydrogen (secondary N) is 1. The van der Waals surface area contributed by atoms with E-state index >= 15 is 0 Å². The van der Waals surface area contributed by atoms with Crippen LogP contribution >= 0.6 is 0 Å². The lowest BCUT2D eigenvalue weighted by Crippen LogP contribution is -2.39. The van der Waals surface area contributed by atoms with Crippen molar-refractivity contribution < 1.29 is 9.53 Å². The second-order valence-corrected chi connectivity index (χ2v) is 5.48. The van der Waals surface area contributed by atoms with E-state index < -0.39 is 0 Å². The maximum atomic E-state index is 12.7. The van der Waals surface area contributed by atoms with Crippen LogP contribution in [0.2, 0.25) is 0 Å². The largest absolute Gasteiger partial charge is 0.480 e. The minimum absolute atomic E-state index is 0.101. The third-order valence-corrected chi connectivity index (χ3v) is 4.04. The molecule has 1 aliphatic rings. The molecule has 120 valence electrons. The number of H-pyrrole nitrogens is 1. The molecule has 0 radical (unpaired) electrons. The second kappa shape index (κ2) is 6.60. The number of nitrogens with zero attached hydrogens (tertiary/aromatic N) is 3. The number of hydrogen-bond donors (Lipinski definition) is 1. The maximum absolute atomic E-state index is 12.7. The highest BCUT2D eigenvalue weighted by atomic mass is 16.5. The summed E-state index contributed by atoms with van der Waals surface area (Å²) in [6, 6.07) is 5.23. The van der Waals surface area contributed by atoms with E-state index in [1.54, 1.807) is 29.3 Å². The molecule has 0 unspecified atom stereocenters. The van der Waals surface area contributed by atoms with Gasteiger partial charge in [0.15, 0.2) is 0 Å². The summed E-state index contributed by atoms with van der Waals surface area (Å²) in [5, 5.41) is 0. The van der Waals surface area contributed by atoms with Gasteiger partial charge in [0.05, 0.1) is 7.11 Å². The minimum atomic E-state index is -0.361. The van der Waals surface area contributed by atoms with Gasteiger partial charge < -0.3 is 14.6 Å². The standard InChI is InChI=1S/C16H18N4O3/c1-23-14-12(5-2-7-17-14)15(21)20-9-3-4-11(10-20)13-6-8-18-16(22)19-13/h2,5-8,11H,3-4,9-10H2,1H3,(H,18,19,22)/t11-/m0/s1. The molecular formula is C16H18N4O3. The molecule has 1 amide bonds. The molecule has 3 heterocycles. The van der Waals surface area contributed by atoms with Crippen LogP contribution in [-0.2, 0) is 0 Å². The lowest BCUT2D eigenvalue weighted by Gasteiger charge is -2.32. The monoisotopic (exact) mass is 314 g/mol. The molecule has 7 nitrogen and oxygen atoms in total. The smallest absolute Gasteiger partial charge is 0.345 e. The van der Waals surface area contributed by atoms with Gasteiger partial charge in [-0.25, -0.2) is 14.8 Å². The van der Waals surface area contributed by atoms with E-state index in [-0.39, 0.29) is 17.5 Å². The molecule has 23 heavy (non-hydrogen) atoms. The highest BCUT2D eigenvalue weighted by molar-refractivity contribution is 5.96. The molecule has 7 heteroatoms. The number of methoxy groups -OCH3 is 1. The fourth-order valence-corrected chi connectivity index (χ4v) is 2.92.